The van der Waals surface area contributed by atoms with Crippen LogP contribution in [0.4, 0.5) is 0 Å². The first-order valence-corrected chi connectivity index (χ1v) is 10.4. The number of fused-ring (bicyclic) bond motifs is 5. The molecule has 2 fully saturated rings. The summed E-state index contributed by atoms with van der Waals surface area (Å²) in [4.78, 5) is 15.4. The van der Waals surface area contributed by atoms with Gasteiger partial charge < -0.3 is 0 Å². The third-order valence-corrected chi connectivity index (χ3v) is 7.64. The lowest BCUT2D eigenvalue weighted by molar-refractivity contribution is -0.129. The molecule has 4 nitrogen and oxygen atoms in total. The smallest absolute Gasteiger partial charge is 0.139 e. The molecule has 3 aliphatic carbocycles. The predicted octanol–water partition coefficient (Wildman–Crippen LogP) is 6.09. The van der Waals surface area contributed by atoms with Crippen LogP contribution in [0.2, 0.25) is 0 Å². The lowest BCUT2D eigenvalue weighted by Gasteiger charge is -2.48. The average molecular weight is 372 g/mol. The van der Waals surface area contributed by atoms with E-state index in [-0.39, 0.29) is 11.5 Å². The van der Waals surface area contributed by atoms with Crippen molar-refractivity contribution in [2.45, 2.75) is 63.8 Å². The van der Waals surface area contributed by atoms with Crippen LogP contribution in [-0.4, -0.2) is 11.7 Å². The van der Waals surface area contributed by atoms with E-state index in [0.717, 1.165) is 37.7 Å². The molecule has 0 amide bonds. The zero-order valence-corrected chi connectivity index (χ0v) is 16.1. The van der Waals surface area contributed by atoms with Crippen LogP contribution in [0.5, 0.6) is 0 Å². The predicted molar refractivity (Wildman–Crippen MR) is 103 cm³/mol. The van der Waals surface area contributed by atoms with E-state index in [0.29, 0.717) is 35.8 Å². The number of carbonyl (C=O) groups excluding carboxylic acids is 1. The highest BCUT2D eigenvalue weighted by molar-refractivity contribution is 6.17. The maximum Gasteiger partial charge on any atom is 0.139 e. The number of azide groups is 1. The van der Waals surface area contributed by atoms with E-state index in [1.54, 1.807) is 0 Å². The maximum atomic E-state index is 12.4. The zero-order valence-electron chi connectivity index (χ0n) is 15.3. The van der Waals surface area contributed by atoms with E-state index >= 15 is 0 Å². The minimum atomic E-state index is -0.178. The minimum absolute atomic E-state index is 0.0639. The van der Waals surface area contributed by atoms with E-state index in [4.69, 9.17) is 17.1 Å². The van der Waals surface area contributed by atoms with Crippen molar-refractivity contribution in [3.05, 3.63) is 45.3 Å². The number of Topliss-reactive ketones (excluding diaryl/α,β-unsaturated/α-hetero) is 1. The Morgan fingerprint density at radius 2 is 2.19 bits per heavy atom. The Kier molecular flexibility index (Phi) is 4.75. The number of halogens is 1. The first kappa shape index (κ1) is 17.9. The summed E-state index contributed by atoms with van der Waals surface area (Å²) in [5.41, 5.74) is 12.7. The van der Waals surface area contributed by atoms with Crippen molar-refractivity contribution in [3.63, 3.8) is 0 Å². The number of hydrogen-bond donors (Lipinski definition) is 0. The van der Waals surface area contributed by atoms with Crippen molar-refractivity contribution >= 4 is 17.4 Å². The number of carbonyl (C=O) groups is 1. The van der Waals surface area contributed by atoms with Crippen LogP contribution < -0.4 is 0 Å². The number of alkyl halides is 1. The molecule has 1 aromatic rings. The van der Waals surface area contributed by atoms with Crippen LogP contribution in [0.3, 0.4) is 0 Å². The molecule has 0 heterocycles. The Labute approximate surface area is 159 Å². The van der Waals surface area contributed by atoms with Gasteiger partial charge in [0.2, 0.25) is 0 Å². The second-order valence-corrected chi connectivity index (χ2v) is 8.87. The maximum absolute atomic E-state index is 12.4. The van der Waals surface area contributed by atoms with E-state index in [9.17, 15) is 4.79 Å². The summed E-state index contributed by atoms with van der Waals surface area (Å²) in [6.07, 6.45) is 6.93. The molecule has 0 radical (unpaired) electrons. The molecule has 0 saturated heterocycles. The van der Waals surface area contributed by atoms with Crippen LogP contribution in [0.1, 0.15) is 74.1 Å². The number of hydrogen-bond acceptors (Lipinski definition) is 2. The molecule has 138 valence electrons. The molecule has 0 aliphatic heterocycles. The zero-order chi connectivity index (χ0) is 18.3. The molecule has 5 heteroatoms. The molecule has 3 aliphatic rings. The first-order chi connectivity index (χ1) is 12.6. The number of rotatable bonds is 4. The van der Waals surface area contributed by atoms with Crippen molar-refractivity contribution in [1.82, 2.24) is 0 Å². The number of aryl methyl sites for hydroxylation is 1. The Hall–Kier alpha value is -1.51. The topological polar surface area (TPSA) is 65.8 Å². The van der Waals surface area contributed by atoms with Gasteiger partial charge in [-0.05, 0) is 78.5 Å². The third-order valence-electron chi connectivity index (χ3n) is 7.42. The van der Waals surface area contributed by atoms with Gasteiger partial charge in [-0.25, -0.2) is 0 Å². The van der Waals surface area contributed by atoms with Crippen LogP contribution in [0, 0.1) is 17.3 Å². The Balaban J connectivity index is 1.63. The fourth-order valence-electron chi connectivity index (χ4n) is 6.04. The van der Waals surface area contributed by atoms with Gasteiger partial charge >= 0.3 is 0 Å². The van der Waals surface area contributed by atoms with E-state index in [1.165, 1.54) is 17.5 Å². The quantitative estimate of drug-likeness (QED) is 0.273. The molecule has 0 bridgehead atoms. The summed E-state index contributed by atoms with van der Waals surface area (Å²) >= 11 is 5.88. The van der Waals surface area contributed by atoms with Crippen LogP contribution in [0.25, 0.3) is 10.4 Å². The molecule has 4 rings (SSSR count). The lowest BCUT2D eigenvalue weighted by Crippen LogP contribution is -2.42. The van der Waals surface area contributed by atoms with Crippen molar-refractivity contribution in [3.8, 4) is 0 Å². The summed E-state index contributed by atoms with van der Waals surface area (Å²) in [5, 5.41) is 3.93. The second-order valence-electron chi connectivity index (χ2n) is 8.49. The Bertz CT molecular complexity index is 773. The minimum Gasteiger partial charge on any atom is -0.299 e. The number of nitrogens with zero attached hydrogens (tertiary/aromatic N) is 3. The fourth-order valence-corrected chi connectivity index (χ4v) is 6.24. The van der Waals surface area contributed by atoms with Crippen LogP contribution >= 0.6 is 11.6 Å². The molecular weight excluding hydrogens is 346 g/mol. The largest absolute Gasteiger partial charge is 0.299 e. The molecule has 0 aromatic heterocycles. The van der Waals surface area contributed by atoms with Gasteiger partial charge in [0, 0.05) is 22.6 Å². The van der Waals surface area contributed by atoms with E-state index in [1.807, 2.05) is 0 Å². The lowest BCUT2D eigenvalue weighted by atomic mass is 9.55. The Morgan fingerprint density at radius 1 is 1.35 bits per heavy atom. The molecular formula is C21H26ClN3O. The van der Waals surface area contributed by atoms with Gasteiger partial charge in [0.15, 0.2) is 0 Å². The van der Waals surface area contributed by atoms with Crippen molar-refractivity contribution in [1.29, 1.82) is 0 Å². The van der Waals surface area contributed by atoms with Crippen LogP contribution in [-0.2, 0) is 11.2 Å². The van der Waals surface area contributed by atoms with Crippen molar-refractivity contribution in [2.75, 3.05) is 5.88 Å². The second kappa shape index (κ2) is 6.90. The Morgan fingerprint density at radius 3 is 2.96 bits per heavy atom. The van der Waals surface area contributed by atoms with Gasteiger partial charge in [-0.3, -0.25) is 4.79 Å². The number of benzene rings is 1. The summed E-state index contributed by atoms with van der Waals surface area (Å²) < 4.78 is 0. The fraction of sp³-hybridized carbons (Fsp3) is 0.667. The highest BCUT2D eigenvalue weighted by Crippen LogP contribution is 2.59. The SMILES string of the molecule is C[C@]12CC[C@@H]3c4ccc(C(CCCl)N=[N+]=[N-])cc4CC[C@H]3[C@@H]1CCC2=O. The highest BCUT2D eigenvalue weighted by atomic mass is 35.5. The first-order valence-electron chi connectivity index (χ1n) is 9.84. The summed E-state index contributed by atoms with van der Waals surface area (Å²) in [5.74, 6) is 2.78. The summed E-state index contributed by atoms with van der Waals surface area (Å²) in [7, 11) is 0. The van der Waals surface area contributed by atoms with Gasteiger partial charge in [0.1, 0.15) is 5.78 Å². The van der Waals surface area contributed by atoms with Gasteiger partial charge in [0.05, 0.1) is 6.04 Å². The van der Waals surface area contributed by atoms with Gasteiger partial charge in [0.25, 0.3) is 0 Å². The van der Waals surface area contributed by atoms with Gasteiger partial charge in [-0.2, -0.15) is 0 Å². The molecule has 2 saturated carbocycles. The molecule has 1 aromatic carbocycles. The average Bonchev–Trinajstić information content (AvgIpc) is 2.96. The van der Waals surface area contributed by atoms with E-state index < -0.39 is 0 Å². The number of ketones is 1. The summed E-state index contributed by atoms with van der Waals surface area (Å²) in [6.45, 7) is 2.22. The molecule has 26 heavy (non-hydrogen) atoms. The normalized spacial score (nSPS) is 33.6. The monoisotopic (exact) mass is 371 g/mol. The van der Waals surface area contributed by atoms with Gasteiger partial charge in [-0.15, -0.1) is 11.6 Å². The highest BCUT2D eigenvalue weighted by Gasteiger charge is 2.54. The third kappa shape index (κ3) is 2.75. The summed E-state index contributed by atoms with van der Waals surface area (Å²) in [6, 6.07) is 6.45. The van der Waals surface area contributed by atoms with Crippen molar-refractivity contribution in [2.24, 2.45) is 22.4 Å². The molecule has 5 atom stereocenters. The standard InChI is InChI=1S/C21H26ClN3O/c1-21-10-8-16-15-4-3-14(19(9-11-22)24-25-23)12-13(15)2-5-17(16)18(21)6-7-20(21)26/h3-4,12,16-19H,2,5-11H2,1H3/t16-,17-,18+,19?,21+/m1/s1. The van der Waals surface area contributed by atoms with Crippen molar-refractivity contribution < 1.29 is 4.79 Å². The molecule has 0 spiro atoms. The van der Waals surface area contributed by atoms with Gasteiger partial charge in [-0.1, -0.05) is 30.2 Å². The van der Waals surface area contributed by atoms with Crippen LogP contribution in [0.15, 0.2) is 23.3 Å². The molecule has 0 N–H and O–H groups in total. The molecule has 1 unspecified atom stereocenters. The van der Waals surface area contributed by atoms with E-state index in [2.05, 4.69) is 35.1 Å².